The average Bonchev–Trinajstić information content (AvgIpc) is 2.33. The van der Waals surface area contributed by atoms with Crippen LogP contribution in [0.25, 0.3) is 0 Å². The normalized spacial score (nSPS) is 13.8. The Balaban J connectivity index is 2.54. The second-order valence-corrected chi connectivity index (χ2v) is 3.38. The van der Waals surface area contributed by atoms with Gasteiger partial charge >= 0.3 is 63.9 Å². The van der Waals surface area contributed by atoms with E-state index in [0.29, 0.717) is 0 Å². The van der Waals surface area contributed by atoms with Gasteiger partial charge in [-0.3, -0.25) is 0 Å². The van der Waals surface area contributed by atoms with Gasteiger partial charge in [0.05, 0.1) is 0 Å². The molecule has 2 nitrogen and oxygen atoms in total. The molecule has 9 heavy (non-hydrogen) atoms. The Hall–Kier alpha value is -0.381. The third-order valence-corrected chi connectivity index (χ3v) is 2.88. The molecule has 0 bridgehead atoms. The number of fused-ring (bicyclic) bond motifs is 1. The van der Waals surface area contributed by atoms with Crippen molar-refractivity contribution in [2.45, 2.75) is 0 Å². The van der Waals surface area contributed by atoms with Gasteiger partial charge in [0, 0.05) is 0 Å². The quantitative estimate of drug-likeness (QED) is 0.615. The van der Waals surface area contributed by atoms with Crippen LogP contribution in [-0.2, 0) is 0 Å². The van der Waals surface area contributed by atoms with Crippen LogP contribution in [0.5, 0.6) is 11.5 Å². The Morgan fingerprint density at radius 1 is 1.00 bits per heavy atom. The van der Waals surface area contributed by atoms with Crippen LogP contribution in [0, 0.1) is 0 Å². The second-order valence-electron chi connectivity index (χ2n) is 1.73. The van der Waals surface area contributed by atoms with Crippen molar-refractivity contribution in [2.24, 2.45) is 0 Å². The Bertz CT molecular complexity index is 201. The molecule has 0 aliphatic carbocycles. The Labute approximate surface area is 64.1 Å². The molecule has 0 atom stereocenters. The molecule has 1 aromatic carbocycles. The summed E-state index contributed by atoms with van der Waals surface area (Å²) in [6.07, 6.45) is 0. The molecule has 1 heterocycles. The van der Waals surface area contributed by atoms with E-state index in [1.54, 1.807) is 0 Å². The van der Waals surface area contributed by atoms with Crippen molar-refractivity contribution < 1.29 is 6.15 Å². The summed E-state index contributed by atoms with van der Waals surface area (Å²) in [6.45, 7) is 0. The Morgan fingerprint density at radius 2 is 1.56 bits per heavy atom. The summed E-state index contributed by atoms with van der Waals surface area (Å²) in [7, 11) is 0. The van der Waals surface area contributed by atoms with Crippen molar-refractivity contribution in [1.82, 2.24) is 0 Å². The predicted octanol–water partition coefficient (Wildman–Crippen LogP) is 0.992. The molecule has 3 heteroatoms. The number of hydrogen-bond acceptors (Lipinski definition) is 2. The molecular weight excluding hydrogens is 223 g/mol. The zero-order valence-corrected chi connectivity index (χ0v) is 7.48. The first-order valence-corrected chi connectivity index (χ1v) is 4.97. The number of rotatable bonds is 0. The van der Waals surface area contributed by atoms with E-state index in [9.17, 15) is 0 Å². The molecule has 0 amide bonds. The molecule has 2 radical (unpaired) electrons. The van der Waals surface area contributed by atoms with Crippen molar-refractivity contribution in [2.75, 3.05) is 0 Å². The molecule has 1 aliphatic heterocycles. The van der Waals surface area contributed by atoms with Crippen molar-refractivity contribution in [1.29, 1.82) is 0 Å². The molecule has 2 rings (SSSR count). The first-order chi connectivity index (χ1) is 4.47. The maximum absolute atomic E-state index is 5.25. The molecule has 1 aromatic rings. The van der Waals surface area contributed by atoms with E-state index in [0.717, 1.165) is 11.5 Å². The first kappa shape index (κ1) is 5.41. The number of benzene rings is 1. The molecule has 0 spiro atoms. The van der Waals surface area contributed by atoms with Crippen LogP contribution in [0.3, 0.4) is 0 Å². The van der Waals surface area contributed by atoms with Gasteiger partial charge in [-0.05, 0) is 0 Å². The van der Waals surface area contributed by atoms with Crippen LogP contribution in [-0.4, -0.2) is 22.0 Å². The summed E-state index contributed by atoms with van der Waals surface area (Å²) in [5.41, 5.74) is 0. The van der Waals surface area contributed by atoms with Crippen LogP contribution in [0.15, 0.2) is 24.3 Å². The van der Waals surface area contributed by atoms with Gasteiger partial charge in [-0.25, -0.2) is 0 Å². The van der Waals surface area contributed by atoms with Gasteiger partial charge < -0.3 is 0 Å². The second kappa shape index (κ2) is 2.10. The van der Waals surface area contributed by atoms with E-state index in [1.165, 1.54) is 0 Å². The monoisotopic (exact) mass is 228 g/mol. The summed E-state index contributed by atoms with van der Waals surface area (Å²) in [4.78, 5) is 0. The Morgan fingerprint density at radius 3 is 2.11 bits per heavy atom. The van der Waals surface area contributed by atoms with E-state index in [4.69, 9.17) is 6.15 Å². The molecule has 0 fully saturated rings. The van der Waals surface area contributed by atoms with Crippen molar-refractivity contribution in [3.63, 3.8) is 0 Å². The standard InChI is InChI=1S/C6H6O2.Sn/c7-5-3-1-2-4-6(5)8;/h1-4,7-8H;/q;+2/p-2. The zero-order valence-electron chi connectivity index (χ0n) is 4.63. The minimum atomic E-state index is -0.950. The SMILES string of the molecule is c1ccc2c(c1)[O][Sn][O]2. The van der Waals surface area contributed by atoms with E-state index >= 15 is 0 Å². The fourth-order valence-electron chi connectivity index (χ4n) is 0.729. The van der Waals surface area contributed by atoms with Gasteiger partial charge in [0.2, 0.25) is 0 Å². The summed E-state index contributed by atoms with van der Waals surface area (Å²) in [5, 5.41) is 0. The van der Waals surface area contributed by atoms with E-state index in [1.807, 2.05) is 24.3 Å². The topological polar surface area (TPSA) is 18.5 Å². The van der Waals surface area contributed by atoms with Crippen LogP contribution < -0.4 is 6.15 Å². The van der Waals surface area contributed by atoms with E-state index < -0.39 is 22.0 Å². The molecule has 0 saturated carbocycles. The molecule has 0 N–H and O–H groups in total. The van der Waals surface area contributed by atoms with Gasteiger partial charge in [-0.2, -0.15) is 0 Å². The predicted molar refractivity (Wildman–Crippen MR) is 33.5 cm³/mol. The van der Waals surface area contributed by atoms with Crippen molar-refractivity contribution >= 4 is 22.0 Å². The number of hydrogen-bond donors (Lipinski definition) is 0. The third-order valence-electron chi connectivity index (χ3n) is 1.15. The van der Waals surface area contributed by atoms with Gasteiger partial charge in [0.25, 0.3) is 0 Å². The maximum atomic E-state index is 5.25. The summed E-state index contributed by atoms with van der Waals surface area (Å²) in [5.74, 6) is 1.84. The molecule has 0 aromatic heterocycles. The fraction of sp³-hybridized carbons (Fsp3) is 0. The molecule has 0 saturated heterocycles. The van der Waals surface area contributed by atoms with Crippen molar-refractivity contribution in [3.05, 3.63) is 24.3 Å². The van der Waals surface area contributed by atoms with Gasteiger partial charge in [0.15, 0.2) is 0 Å². The van der Waals surface area contributed by atoms with Gasteiger partial charge in [0.1, 0.15) is 0 Å². The third kappa shape index (κ3) is 0.871. The van der Waals surface area contributed by atoms with E-state index in [-0.39, 0.29) is 0 Å². The average molecular weight is 227 g/mol. The first-order valence-electron chi connectivity index (χ1n) is 2.64. The van der Waals surface area contributed by atoms with Crippen LogP contribution >= 0.6 is 0 Å². The van der Waals surface area contributed by atoms with E-state index in [2.05, 4.69) is 0 Å². The zero-order chi connectivity index (χ0) is 6.10. The Kier molecular flexibility index (Phi) is 1.26. The van der Waals surface area contributed by atoms with Crippen LogP contribution in [0.4, 0.5) is 0 Å². The fourth-order valence-corrected chi connectivity index (χ4v) is 2.32. The van der Waals surface area contributed by atoms with Crippen LogP contribution in [0.2, 0.25) is 0 Å². The van der Waals surface area contributed by atoms with Crippen molar-refractivity contribution in [3.8, 4) is 11.5 Å². The molecule has 44 valence electrons. The summed E-state index contributed by atoms with van der Waals surface area (Å²) in [6, 6.07) is 7.77. The van der Waals surface area contributed by atoms with Crippen LogP contribution in [0.1, 0.15) is 0 Å². The molecular formula is C6H4O2Sn. The molecule has 1 aliphatic rings. The number of para-hydroxylation sites is 2. The molecule has 0 unspecified atom stereocenters. The minimum absolute atomic E-state index is 0.920. The summed E-state index contributed by atoms with van der Waals surface area (Å²) < 4.78 is 10.5. The van der Waals surface area contributed by atoms with Gasteiger partial charge in [-0.1, -0.05) is 0 Å². The van der Waals surface area contributed by atoms with Gasteiger partial charge in [-0.15, -0.1) is 0 Å². The summed E-state index contributed by atoms with van der Waals surface area (Å²) >= 11 is -0.950.